The number of nitrogens with one attached hydrogen (secondary N) is 1. The molecule has 0 fully saturated rings. The van der Waals surface area contributed by atoms with Crippen LogP contribution < -0.4 is 15.1 Å². The molecule has 4 rings (SSSR count). The lowest BCUT2D eigenvalue weighted by atomic mass is 10.0. The van der Waals surface area contributed by atoms with Gasteiger partial charge in [0.15, 0.2) is 0 Å². The maximum Gasteiger partial charge on any atom is 0.500 e. The van der Waals surface area contributed by atoms with E-state index in [1.165, 1.54) is 0 Å². The molecule has 1 heterocycles. The number of rotatable bonds is 13. The first-order valence-electron chi connectivity index (χ1n) is 12.9. The second-order valence-electron chi connectivity index (χ2n) is 8.74. The molecule has 0 aromatic heterocycles. The first-order valence-corrected chi connectivity index (χ1v) is 16.5. The summed E-state index contributed by atoms with van der Waals surface area (Å²) in [5.74, 6) is 0.132. The van der Waals surface area contributed by atoms with Gasteiger partial charge in [-0.3, -0.25) is 4.57 Å². The molecule has 2 unspecified atom stereocenters. The van der Waals surface area contributed by atoms with E-state index in [9.17, 15) is 9.67 Å². The molecule has 0 radical (unpaired) electrons. The van der Waals surface area contributed by atoms with Crippen LogP contribution in [0.2, 0.25) is 6.04 Å². The number of benzene rings is 3. The Balaban J connectivity index is 1.64. The van der Waals surface area contributed by atoms with Crippen molar-refractivity contribution in [2.24, 2.45) is 0 Å². The van der Waals surface area contributed by atoms with E-state index < -0.39 is 22.0 Å². The van der Waals surface area contributed by atoms with Crippen molar-refractivity contribution in [1.82, 2.24) is 5.32 Å². The topological polar surface area (TPSA) is 86.2 Å². The van der Waals surface area contributed by atoms with Gasteiger partial charge in [0, 0.05) is 31.4 Å². The SMILES string of the molecule is CCO[Si](CCCNC(c1ccc(O)cc1)P1(=O)Oc2ccccc2-c2ccccc21)(OCC)OCC. The maximum absolute atomic E-state index is 14.9. The van der Waals surface area contributed by atoms with E-state index >= 15 is 0 Å². The van der Waals surface area contributed by atoms with Crippen LogP contribution >= 0.6 is 7.37 Å². The fourth-order valence-electron chi connectivity index (χ4n) is 4.76. The number of phenolic OH excluding ortho intramolecular Hbond substituents is 1. The van der Waals surface area contributed by atoms with Gasteiger partial charge in [-0.05, 0) is 69.1 Å². The van der Waals surface area contributed by atoms with Gasteiger partial charge in [0.1, 0.15) is 17.3 Å². The van der Waals surface area contributed by atoms with Crippen molar-refractivity contribution in [2.45, 2.75) is 39.0 Å². The van der Waals surface area contributed by atoms with Crippen LogP contribution in [0.3, 0.4) is 0 Å². The predicted molar refractivity (Wildman–Crippen MR) is 149 cm³/mol. The van der Waals surface area contributed by atoms with Crippen molar-refractivity contribution >= 4 is 21.5 Å². The average Bonchev–Trinajstić information content (AvgIpc) is 2.90. The van der Waals surface area contributed by atoms with Crippen LogP contribution in [-0.4, -0.2) is 40.3 Å². The summed E-state index contributed by atoms with van der Waals surface area (Å²) in [4.78, 5) is 0. The molecule has 0 spiro atoms. The molecule has 37 heavy (non-hydrogen) atoms. The van der Waals surface area contributed by atoms with Crippen molar-refractivity contribution in [3.8, 4) is 22.6 Å². The zero-order valence-electron chi connectivity index (χ0n) is 21.7. The fourth-order valence-corrected chi connectivity index (χ4v) is 10.1. The van der Waals surface area contributed by atoms with Crippen LogP contribution in [0.1, 0.15) is 38.5 Å². The third-order valence-corrected chi connectivity index (χ3v) is 12.1. The highest BCUT2D eigenvalue weighted by atomic mass is 31.2. The Labute approximate surface area is 220 Å². The molecule has 0 amide bonds. The number of hydrogen-bond donors (Lipinski definition) is 2. The lowest BCUT2D eigenvalue weighted by Gasteiger charge is -2.35. The van der Waals surface area contributed by atoms with E-state index in [4.69, 9.17) is 17.8 Å². The zero-order chi connectivity index (χ0) is 26.3. The lowest BCUT2D eigenvalue weighted by Crippen LogP contribution is -2.46. The predicted octanol–water partition coefficient (Wildman–Crippen LogP) is 6.08. The van der Waals surface area contributed by atoms with Crippen molar-refractivity contribution in [1.29, 1.82) is 0 Å². The molecule has 2 atom stereocenters. The summed E-state index contributed by atoms with van der Waals surface area (Å²) < 4.78 is 39.3. The van der Waals surface area contributed by atoms with E-state index in [2.05, 4.69) is 5.32 Å². The zero-order valence-corrected chi connectivity index (χ0v) is 23.6. The van der Waals surface area contributed by atoms with Crippen molar-refractivity contribution < 1.29 is 27.5 Å². The molecule has 7 nitrogen and oxygen atoms in total. The van der Waals surface area contributed by atoms with Crippen LogP contribution in [-0.2, 0) is 17.8 Å². The largest absolute Gasteiger partial charge is 0.508 e. The monoisotopic (exact) mass is 541 g/mol. The summed E-state index contributed by atoms with van der Waals surface area (Å²) in [5.41, 5.74) is 2.61. The smallest absolute Gasteiger partial charge is 0.500 e. The van der Waals surface area contributed by atoms with Crippen LogP contribution in [0.4, 0.5) is 0 Å². The highest BCUT2D eigenvalue weighted by molar-refractivity contribution is 7.68. The summed E-state index contributed by atoms with van der Waals surface area (Å²) in [7, 11) is -6.27. The summed E-state index contributed by atoms with van der Waals surface area (Å²) in [6, 6.07) is 22.8. The molecular formula is C28H36NO6PSi. The second kappa shape index (κ2) is 12.4. The standard InChI is InChI=1S/C28H36NO6PSi/c1-4-32-37(33-5-2,34-6-3)21-11-20-29-28(22-16-18-23(30)19-17-22)36(31)27-15-10-8-13-25(27)24-12-7-9-14-26(24)35-36/h7-10,12-19,28-30H,4-6,11,20-21H2,1-3H3. The van der Waals surface area contributed by atoms with Crippen LogP contribution in [0, 0.1) is 0 Å². The quantitative estimate of drug-likeness (QED) is 0.154. The van der Waals surface area contributed by atoms with Gasteiger partial charge in [0.25, 0.3) is 7.37 Å². The Morgan fingerprint density at radius 2 is 1.46 bits per heavy atom. The van der Waals surface area contributed by atoms with E-state index in [-0.39, 0.29) is 5.75 Å². The minimum Gasteiger partial charge on any atom is -0.508 e. The molecule has 0 saturated carbocycles. The molecule has 0 aliphatic carbocycles. The Bertz CT molecular complexity index is 1200. The molecule has 1 aliphatic rings. The average molecular weight is 542 g/mol. The molecule has 3 aromatic carbocycles. The van der Waals surface area contributed by atoms with Gasteiger partial charge < -0.3 is 28.2 Å². The molecule has 198 valence electrons. The third kappa shape index (κ3) is 6.01. The number of phenols is 1. The number of aromatic hydroxyl groups is 1. The molecular weight excluding hydrogens is 505 g/mol. The number of fused-ring (bicyclic) bond motifs is 3. The molecule has 0 saturated heterocycles. The van der Waals surface area contributed by atoms with Gasteiger partial charge in [-0.1, -0.05) is 48.5 Å². The highest BCUT2D eigenvalue weighted by Gasteiger charge is 2.44. The summed E-state index contributed by atoms with van der Waals surface area (Å²) >= 11 is 0. The summed E-state index contributed by atoms with van der Waals surface area (Å²) in [6.45, 7) is 7.95. The van der Waals surface area contributed by atoms with E-state index in [1.807, 2.05) is 69.3 Å². The van der Waals surface area contributed by atoms with Crippen molar-refractivity contribution in [3.63, 3.8) is 0 Å². The normalized spacial score (nSPS) is 17.5. The minimum atomic E-state index is -3.48. The lowest BCUT2D eigenvalue weighted by molar-refractivity contribution is 0.0708. The van der Waals surface area contributed by atoms with Crippen LogP contribution in [0.5, 0.6) is 11.5 Å². The first-order chi connectivity index (χ1) is 18.0. The van der Waals surface area contributed by atoms with Gasteiger partial charge in [-0.15, -0.1) is 0 Å². The first kappa shape index (κ1) is 27.6. The number of para-hydroxylation sites is 1. The fraction of sp³-hybridized carbons (Fsp3) is 0.357. The minimum absolute atomic E-state index is 0.150. The summed E-state index contributed by atoms with van der Waals surface area (Å²) in [6.07, 6.45) is 0.707. The molecule has 0 bridgehead atoms. The van der Waals surface area contributed by atoms with Gasteiger partial charge in [0.2, 0.25) is 0 Å². The van der Waals surface area contributed by atoms with Gasteiger partial charge in [-0.25, -0.2) is 0 Å². The van der Waals surface area contributed by atoms with E-state index in [0.29, 0.717) is 49.9 Å². The Hall–Kier alpha value is -2.45. The maximum atomic E-state index is 14.9. The van der Waals surface area contributed by atoms with Crippen LogP contribution in [0.25, 0.3) is 11.1 Å². The highest BCUT2D eigenvalue weighted by Crippen LogP contribution is 2.62. The molecule has 2 N–H and O–H groups in total. The van der Waals surface area contributed by atoms with E-state index in [0.717, 1.165) is 16.7 Å². The van der Waals surface area contributed by atoms with Crippen molar-refractivity contribution in [3.05, 3.63) is 78.4 Å². The van der Waals surface area contributed by atoms with Crippen molar-refractivity contribution in [2.75, 3.05) is 26.4 Å². The summed E-state index contributed by atoms with van der Waals surface area (Å²) in [5, 5.41) is 14.1. The molecule has 3 aromatic rings. The third-order valence-electron chi connectivity index (χ3n) is 6.29. The Kier molecular flexibility index (Phi) is 9.24. The molecule has 9 heteroatoms. The number of hydrogen-bond acceptors (Lipinski definition) is 7. The molecule has 1 aliphatic heterocycles. The Morgan fingerprint density at radius 1 is 0.865 bits per heavy atom. The second-order valence-corrected chi connectivity index (χ2v) is 13.8. The Morgan fingerprint density at radius 3 is 2.11 bits per heavy atom. The van der Waals surface area contributed by atoms with Crippen LogP contribution in [0.15, 0.2) is 72.8 Å². The van der Waals surface area contributed by atoms with Gasteiger partial charge in [0.05, 0.1) is 5.30 Å². The van der Waals surface area contributed by atoms with Gasteiger partial charge >= 0.3 is 8.80 Å². The van der Waals surface area contributed by atoms with Gasteiger partial charge in [-0.2, -0.15) is 0 Å². The van der Waals surface area contributed by atoms with E-state index in [1.54, 1.807) is 24.3 Å².